The van der Waals surface area contributed by atoms with Crippen molar-refractivity contribution in [3.8, 4) is 0 Å². The molecule has 0 aromatic heterocycles. The smallest absolute Gasteiger partial charge is 0.206 e. The molecule has 6 heteroatoms. The zero-order valence-electron chi connectivity index (χ0n) is 8.21. The van der Waals surface area contributed by atoms with Crippen LogP contribution in [0.25, 0.3) is 0 Å². The zero-order chi connectivity index (χ0) is 12.6. The van der Waals surface area contributed by atoms with Crippen molar-refractivity contribution < 1.29 is 26.3 Å². The Bertz CT molecular complexity index is 379. The molecule has 0 N–H and O–H groups in total. The SMILES string of the molecule is CCC(F)(F)c1cccc(C(F)(F)F)c1F. The predicted octanol–water partition coefficient (Wildman–Crippen LogP) is 4.35. The van der Waals surface area contributed by atoms with Gasteiger partial charge in [-0.1, -0.05) is 19.1 Å². The highest BCUT2D eigenvalue weighted by atomic mass is 19.4. The third kappa shape index (κ3) is 2.31. The minimum absolute atomic E-state index is 0.435. The van der Waals surface area contributed by atoms with Gasteiger partial charge in [0.05, 0.1) is 11.1 Å². The molecule has 0 atom stereocenters. The molecule has 0 amide bonds. The van der Waals surface area contributed by atoms with Gasteiger partial charge in [0.2, 0.25) is 0 Å². The first-order chi connectivity index (χ1) is 7.20. The van der Waals surface area contributed by atoms with Crippen molar-refractivity contribution in [2.24, 2.45) is 0 Å². The van der Waals surface area contributed by atoms with Gasteiger partial charge in [-0.3, -0.25) is 0 Å². The normalized spacial score (nSPS) is 12.9. The highest BCUT2D eigenvalue weighted by molar-refractivity contribution is 5.31. The molecule has 0 nitrogen and oxygen atoms in total. The third-order valence-corrected chi connectivity index (χ3v) is 2.14. The lowest BCUT2D eigenvalue weighted by Gasteiger charge is -2.17. The second-order valence-electron chi connectivity index (χ2n) is 3.22. The van der Waals surface area contributed by atoms with Crippen LogP contribution >= 0.6 is 0 Å². The van der Waals surface area contributed by atoms with Crippen LogP contribution in [-0.4, -0.2) is 0 Å². The van der Waals surface area contributed by atoms with E-state index in [1.165, 1.54) is 0 Å². The molecule has 0 heterocycles. The Hall–Kier alpha value is -1.20. The molecule has 0 saturated carbocycles. The molecule has 16 heavy (non-hydrogen) atoms. The Morgan fingerprint density at radius 3 is 1.94 bits per heavy atom. The van der Waals surface area contributed by atoms with E-state index in [-0.39, 0.29) is 0 Å². The van der Waals surface area contributed by atoms with Gasteiger partial charge in [-0.15, -0.1) is 0 Å². The molecule has 1 aromatic rings. The van der Waals surface area contributed by atoms with E-state index in [0.29, 0.717) is 12.1 Å². The summed E-state index contributed by atoms with van der Waals surface area (Å²) in [7, 11) is 0. The summed E-state index contributed by atoms with van der Waals surface area (Å²) >= 11 is 0. The maximum Gasteiger partial charge on any atom is 0.419 e. The van der Waals surface area contributed by atoms with E-state index in [4.69, 9.17) is 0 Å². The first-order valence-corrected chi connectivity index (χ1v) is 4.44. The minimum Gasteiger partial charge on any atom is -0.206 e. The minimum atomic E-state index is -4.97. The molecule has 0 aliphatic rings. The van der Waals surface area contributed by atoms with Gasteiger partial charge in [0, 0.05) is 6.42 Å². The van der Waals surface area contributed by atoms with Gasteiger partial charge in [-0.25, -0.2) is 13.2 Å². The fourth-order valence-electron chi connectivity index (χ4n) is 1.22. The van der Waals surface area contributed by atoms with Crippen molar-refractivity contribution in [1.82, 2.24) is 0 Å². The van der Waals surface area contributed by atoms with Gasteiger partial charge < -0.3 is 0 Å². The Balaban J connectivity index is 3.36. The Morgan fingerprint density at radius 1 is 1.00 bits per heavy atom. The van der Waals surface area contributed by atoms with E-state index < -0.39 is 35.5 Å². The fraction of sp³-hybridized carbons (Fsp3) is 0.400. The van der Waals surface area contributed by atoms with Crippen molar-refractivity contribution >= 4 is 0 Å². The molecule has 1 aromatic carbocycles. The van der Waals surface area contributed by atoms with Crippen LogP contribution < -0.4 is 0 Å². The van der Waals surface area contributed by atoms with Gasteiger partial charge in [0.15, 0.2) is 0 Å². The second kappa shape index (κ2) is 3.99. The van der Waals surface area contributed by atoms with Crippen LogP contribution in [0.15, 0.2) is 18.2 Å². The average Bonchev–Trinajstić information content (AvgIpc) is 2.16. The average molecular weight is 242 g/mol. The first kappa shape index (κ1) is 12.9. The molecule has 0 radical (unpaired) electrons. The van der Waals surface area contributed by atoms with Gasteiger partial charge in [-0.05, 0) is 6.07 Å². The van der Waals surface area contributed by atoms with Crippen LogP contribution in [-0.2, 0) is 12.1 Å². The molecule has 0 saturated heterocycles. The quantitative estimate of drug-likeness (QED) is 0.676. The van der Waals surface area contributed by atoms with E-state index in [1.54, 1.807) is 0 Å². The van der Waals surface area contributed by atoms with Crippen LogP contribution in [0.4, 0.5) is 26.3 Å². The summed E-state index contributed by atoms with van der Waals surface area (Å²) in [5.74, 6) is -5.49. The zero-order valence-corrected chi connectivity index (χ0v) is 8.21. The van der Waals surface area contributed by atoms with Crippen molar-refractivity contribution in [2.75, 3.05) is 0 Å². The van der Waals surface area contributed by atoms with Crippen LogP contribution in [0.3, 0.4) is 0 Å². The summed E-state index contributed by atoms with van der Waals surface area (Å²) in [6, 6.07) is 1.86. The standard InChI is InChI=1S/C10H8F6/c1-2-9(12,13)6-4-3-5-7(8(6)11)10(14,15)16/h3-5H,2H2,1H3. The van der Waals surface area contributed by atoms with Crippen molar-refractivity contribution in [1.29, 1.82) is 0 Å². The van der Waals surface area contributed by atoms with Crippen LogP contribution in [0.5, 0.6) is 0 Å². The lowest BCUT2D eigenvalue weighted by atomic mass is 10.0. The van der Waals surface area contributed by atoms with E-state index in [0.717, 1.165) is 13.0 Å². The Kier molecular flexibility index (Phi) is 3.21. The number of alkyl halides is 5. The van der Waals surface area contributed by atoms with Crippen LogP contribution in [0.1, 0.15) is 24.5 Å². The number of hydrogen-bond acceptors (Lipinski definition) is 0. The lowest BCUT2D eigenvalue weighted by molar-refractivity contribution is -0.140. The lowest BCUT2D eigenvalue weighted by Crippen LogP contribution is -2.18. The highest BCUT2D eigenvalue weighted by Gasteiger charge is 2.39. The summed E-state index contributed by atoms with van der Waals surface area (Å²) in [6.07, 6.45) is -5.73. The largest absolute Gasteiger partial charge is 0.419 e. The second-order valence-corrected chi connectivity index (χ2v) is 3.22. The molecule has 0 unspecified atom stereocenters. The number of benzene rings is 1. The molecule has 0 fully saturated rings. The predicted molar refractivity (Wildman–Crippen MR) is 45.6 cm³/mol. The van der Waals surface area contributed by atoms with Crippen LogP contribution in [0.2, 0.25) is 0 Å². The molecule has 1 rings (SSSR count). The van der Waals surface area contributed by atoms with E-state index in [2.05, 4.69) is 0 Å². The van der Waals surface area contributed by atoms with Crippen molar-refractivity contribution in [2.45, 2.75) is 25.4 Å². The summed E-state index contributed by atoms with van der Waals surface area (Å²) in [5.41, 5.74) is -2.89. The highest BCUT2D eigenvalue weighted by Crippen LogP contribution is 2.38. The number of rotatable bonds is 2. The van der Waals surface area contributed by atoms with Crippen LogP contribution in [0, 0.1) is 5.82 Å². The van der Waals surface area contributed by atoms with Crippen molar-refractivity contribution in [3.63, 3.8) is 0 Å². The maximum absolute atomic E-state index is 13.3. The fourth-order valence-corrected chi connectivity index (χ4v) is 1.22. The summed E-state index contributed by atoms with van der Waals surface area (Å²) in [4.78, 5) is 0. The van der Waals surface area contributed by atoms with E-state index in [1.807, 2.05) is 0 Å². The monoisotopic (exact) mass is 242 g/mol. The topological polar surface area (TPSA) is 0 Å². The summed E-state index contributed by atoms with van der Waals surface area (Å²) in [6.45, 7) is 1.07. The van der Waals surface area contributed by atoms with E-state index in [9.17, 15) is 26.3 Å². The third-order valence-electron chi connectivity index (χ3n) is 2.14. The molecule has 0 bridgehead atoms. The molecular formula is C10H8F6. The molecule has 90 valence electrons. The molecule has 0 spiro atoms. The van der Waals surface area contributed by atoms with E-state index >= 15 is 0 Å². The molecular weight excluding hydrogens is 234 g/mol. The first-order valence-electron chi connectivity index (χ1n) is 4.44. The van der Waals surface area contributed by atoms with Gasteiger partial charge in [-0.2, -0.15) is 13.2 Å². The molecule has 0 aliphatic heterocycles. The van der Waals surface area contributed by atoms with Gasteiger partial charge in [0.1, 0.15) is 5.82 Å². The summed E-state index contributed by atoms with van der Waals surface area (Å²) in [5, 5.41) is 0. The summed E-state index contributed by atoms with van der Waals surface area (Å²) < 4.78 is 76.2. The Labute approximate surface area is 87.9 Å². The van der Waals surface area contributed by atoms with Gasteiger partial charge in [0.25, 0.3) is 5.92 Å². The number of hydrogen-bond donors (Lipinski definition) is 0. The maximum atomic E-state index is 13.3. The van der Waals surface area contributed by atoms with Gasteiger partial charge >= 0.3 is 6.18 Å². The van der Waals surface area contributed by atoms with Crippen molar-refractivity contribution in [3.05, 3.63) is 35.1 Å². The Morgan fingerprint density at radius 2 is 1.50 bits per heavy atom. The number of halogens is 6. The molecule has 0 aliphatic carbocycles.